The fourth-order valence-corrected chi connectivity index (χ4v) is 4.97. The Bertz CT molecular complexity index is 1400. The van der Waals surface area contributed by atoms with Crippen LogP contribution in [-0.4, -0.2) is 43.7 Å². The van der Waals surface area contributed by atoms with Crippen LogP contribution in [0.2, 0.25) is 0 Å². The first kappa shape index (κ1) is 25.0. The van der Waals surface area contributed by atoms with Crippen molar-refractivity contribution in [3.63, 3.8) is 0 Å². The SMILES string of the molecule is CCOc1ccccc1N1C(=O)[C@H]2[C@@H](c3cc(OC)c(OC)cc3[N+](=O)[O-])N(c3ccccc3)O[C@H]2C1=O. The number of anilines is 2. The highest BCUT2D eigenvalue weighted by atomic mass is 16.7. The van der Waals surface area contributed by atoms with E-state index in [-0.39, 0.29) is 28.4 Å². The number of methoxy groups -OCH3 is 2. The molecule has 0 radical (unpaired) electrons. The number of fused-ring (bicyclic) bond motifs is 1. The van der Waals surface area contributed by atoms with Crippen molar-refractivity contribution in [2.24, 2.45) is 5.92 Å². The monoisotopic (exact) mass is 519 g/mol. The number of hydrogen-bond donors (Lipinski definition) is 0. The molecule has 3 aromatic carbocycles. The van der Waals surface area contributed by atoms with E-state index in [1.807, 2.05) is 0 Å². The van der Waals surface area contributed by atoms with Crippen LogP contribution < -0.4 is 24.2 Å². The lowest BCUT2D eigenvalue weighted by Crippen LogP contribution is -2.37. The van der Waals surface area contributed by atoms with E-state index >= 15 is 0 Å². The van der Waals surface area contributed by atoms with Gasteiger partial charge in [-0.1, -0.05) is 30.3 Å². The van der Waals surface area contributed by atoms with E-state index in [1.165, 1.54) is 31.4 Å². The Morgan fingerprint density at radius 3 is 2.24 bits per heavy atom. The topological polar surface area (TPSA) is 121 Å². The van der Waals surface area contributed by atoms with Crippen molar-refractivity contribution in [1.82, 2.24) is 0 Å². The molecule has 0 aromatic heterocycles. The second-order valence-corrected chi connectivity index (χ2v) is 8.59. The smallest absolute Gasteiger partial charge is 0.278 e. The normalized spacial score (nSPS) is 20.4. The molecule has 0 N–H and O–H groups in total. The van der Waals surface area contributed by atoms with Crippen LogP contribution in [0, 0.1) is 16.0 Å². The number of ether oxygens (including phenoxy) is 3. The maximum Gasteiger partial charge on any atom is 0.278 e. The summed E-state index contributed by atoms with van der Waals surface area (Å²) in [6, 6.07) is 17.2. The largest absolute Gasteiger partial charge is 0.493 e. The zero-order valence-electron chi connectivity index (χ0n) is 20.9. The molecule has 2 fully saturated rings. The van der Waals surface area contributed by atoms with Gasteiger partial charge in [0, 0.05) is 0 Å². The van der Waals surface area contributed by atoms with Crippen LogP contribution in [0.15, 0.2) is 66.7 Å². The first-order valence-corrected chi connectivity index (χ1v) is 11.9. The highest BCUT2D eigenvalue weighted by Crippen LogP contribution is 2.51. The highest BCUT2D eigenvalue weighted by molar-refractivity contribution is 6.24. The van der Waals surface area contributed by atoms with Crippen LogP contribution >= 0.6 is 0 Å². The molecule has 2 aliphatic heterocycles. The van der Waals surface area contributed by atoms with E-state index in [9.17, 15) is 19.7 Å². The second-order valence-electron chi connectivity index (χ2n) is 8.59. The zero-order valence-corrected chi connectivity index (χ0v) is 20.9. The molecule has 0 aliphatic carbocycles. The van der Waals surface area contributed by atoms with Gasteiger partial charge in [-0.25, -0.2) is 9.96 Å². The molecule has 11 heteroatoms. The molecule has 5 rings (SSSR count). The minimum absolute atomic E-state index is 0.144. The summed E-state index contributed by atoms with van der Waals surface area (Å²) in [5, 5.41) is 13.6. The molecule has 3 atom stereocenters. The number of nitro groups is 1. The molecular weight excluding hydrogens is 494 g/mol. The number of nitrogens with zero attached hydrogens (tertiary/aromatic N) is 3. The second kappa shape index (κ2) is 10.0. The van der Waals surface area contributed by atoms with Gasteiger partial charge < -0.3 is 14.2 Å². The molecule has 11 nitrogen and oxygen atoms in total. The first-order chi connectivity index (χ1) is 18.4. The third-order valence-electron chi connectivity index (χ3n) is 6.58. The van der Waals surface area contributed by atoms with Crippen LogP contribution in [0.25, 0.3) is 0 Å². The van der Waals surface area contributed by atoms with Crippen LogP contribution in [-0.2, 0) is 14.4 Å². The van der Waals surface area contributed by atoms with E-state index in [2.05, 4.69) is 0 Å². The van der Waals surface area contributed by atoms with Gasteiger partial charge in [0.2, 0.25) is 5.91 Å². The third kappa shape index (κ3) is 3.97. The quantitative estimate of drug-likeness (QED) is 0.246. The Labute approximate surface area is 218 Å². The van der Waals surface area contributed by atoms with Crippen LogP contribution in [0.3, 0.4) is 0 Å². The summed E-state index contributed by atoms with van der Waals surface area (Å²) >= 11 is 0. The molecule has 38 heavy (non-hydrogen) atoms. The molecule has 0 unspecified atom stereocenters. The number of carbonyl (C=O) groups is 2. The highest BCUT2D eigenvalue weighted by Gasteiger charge is 2.61. The molecule has 2 amide bonds. The summed E-state index contributed by atoms with van der Waals surface area (Å²) < 4.78 is 16.4. The van der Waals surface area contributed by atoms with Crippen molar-refractivity contribution in [3.8, 4) is 17.2 Å². The summed E-state index contributed by atoms with van der Waals surface area (Å²) in [5.41, 5.74) is 0.656. The lowest BCUT2D eigenvalue weighted by atomic mass is 9.89. The molecule has 2 saturated heterocycles. The predicted molar refractivity (Wildman–Crippen MR) is 136 cm³/mol. The van der Waals surface area contributed by atoms with Gasteiger partial charge in [-0.3, -0.25) is 24.5 Å². The van der Waals surface area contributed by atoms with E-state index in [1.54, 1.807) is 61.5 Å². The van der Waals surface area contributed by atoms with E-state index < -0.39 is 34.8 Å². The molecular formula is C27H25N3O8. The Morgan fingerprint density at radius 1 is 0.921 bits per heavy atom. The lowest BCUT2D eigenvalue weighted by Gasteiger charge is -2.29. The molecule has 0 saturated carbocycles. The molecule has 0 spiro atoms. The third-order valence-corrected chi connectivity index (χ3v) is 6.58. The summed E-state index contributed by atoms with van der Waals surface area (Å²) in [4.78, 5) is 46.5. The van der Waals surface area contributed by atoms with Gasteiger partial charge >= 0.3 is 0 Å². The lowest BCUT2D eigenvalue weighted by molar-refractivity contribution is -0.385. The van der Waals surface area contributed by atoms with Gasteiger partial charge in [0.15, 0.2) is 17.6 Å². The Morgan fingerprint density at radius 2 is 1.58 bits per heavy atom. The standard InChI is InChI=1S/C27H25N3O8/c1-4-37-20-13-9-8-12-18(20)28-26(31)23-24(17-14-21(35-2)22(36-3)15-19(17)30(33)34)29(38-25(23)27(28)32)16-10-6-5-7-11-16/h5-15,23-25H,4H2,1-3H3/t23-,24+,25+/m0/s1. The number of hydrogen-bond acceptors (Lipinski definition) is 9. The Balaban J connectivity index is 1.68. The van der Waals surface area contributed by atoms with Gasteiger partial charge in [-0.2, -0.15) is 0 Å². The molecule has 2 heterocycles. The summed E-state index contributed by atoms with van der Waals surface area (Å²) in [6.45, 7) is 2.13. The number of nitro benzene ring substituents is 1. The van der Waals surface area contributed by atoms with Crippen molar-refractivity contribution in [3.05, 3.63) is 82.4 Å². The minimum atomic E-state index is -1.21. The van der Waals surface area contributed by atoms with E-state index in [0.29, 0.717) is 18.0 Å². The molecule has 0 bridgehead atoms. The van der Waals surface area contributed by atoms with Crippen molar-refractivity contribution in [1.29, 1.82) is 0 Å². The minimum Gasteiger partial charge on any atom is -0.493 e. The van der Waals surface area contributed by atoms with Crippen molar-refractivity contribution < 1.29 is 33.6 Å². The number of para-hydroxylation sites is 3. The van der Waals surface area contributed by atoms with Gasteiger partial charge in [0.05, 0.1) is 48.8 Å². The van der Waals surface area contributed by atoms with Crippen molar-refractivity contribution in [2.75, 3.05) is 30.8 Å². The number of carbonyl (C=O) groups excluding carboxylic acids is 2. The molecule has 2 aliphatic rings. The van der Waals surface area contributed by atoms with Crippen molar-refractivity contribution in [2.45, 2.75) is 19.1 Å². The Kier molecular flexibility index (Phi) is 6.60. The van der Waals surface area contributed by atoms with Gasteiger partial charge in [-0.15, -0.1) is 0 Å². The number of imide groups is 1. The van der Waals surface area contributed by atoms with E-state index in [0.717, 1.165) is 4.90 Å². The fourth-order valence-electron chi connectivity index (χ4n) is 4.97. The zero-order chi connectivity index (χ0) is 27.0. The predicted octanol–water partition coefficient (Wildman–Crippen LogP) is 4.06. The first-order valence-electron chi connectivity index (χ1n) is 11.9. The van der Waals surface area contributed by atoms with Crippen LogP contribution in [0.4, 0.5) is 17.1 Å². The average Bonchev–Trinajstić information content (AvgIpc) is 3.44. The maximum absolute atomic E-state index is 14.0. The van der Waals surface area contributed by atoms with Gasteiger partial charge in [0.25, 0.3) is 11.6 Å². The van der Waals surface area contributed by atoms with Crippen LogP contribution in [0.1, 0.15) is 18.5 Å². The van der Waals surface area contributed by atoms with Crippen molar-refractivity contribution >= 4 is 28.9 Å². The summed E-state index contributed by atoms with van der Waals surface area (Å²) in [5.74, 6) is -1.47. The van der Waals surface area contributed by atoms with Gasteiger partial charge in [0.1, 0.15) is 17.7 Å². The number of hydroxylamine groups is 1. The number of benzene rings is 3. The molecule has 3 aromatic rings. The maximum atomic E-state index is 14.0. The number of rotatable bonds is 8. The van der Waals surface area contributed by atoms with Crippen LogP contribution in [0.5, 0.6) is 17.2 Å². The van der Waals surface area contributed by atoms with E-state index in [4.69, 9.17) is 19.0 Å². The molecule has 196 valence electrons. The fraction of sp³-hybridized carbons (Fsp3) is 0.259. The average molecular weight is 520 g/mol. The van der Waals surface area contributed by atoms with Gasteiger partial charge in [-0.05, 0) is 37.3 Å². The Hall–Kier alpha value is -4.64. The summed E-state index contributed by atoms with van der Waals surface area (Å²) in [7, 11) is 2.78. The number of amides is 2. The summed E-state index contributed by atoms with van der Waals surface area (Å²) in [6.07, 6.45) is -1.21.